The van der Waals surface area contributed by atoms with Crippen LogP contribution in [0.25, 0.3) is 88.0 Å². The molecule has 0 aliphatic carbocycles. The summed E-state index contributed by atoms with van der Waals surface area (Å²) >= 11 is 0. The second kappa shape index (κ2) is 10.4. The molecule has 0 spiro atoms. The molecular formula is C44H28O. The molecule has 1 heterocycles. The van der Waals surface area contributed by atoms with Crippen LogP contribution in [-0.4, -0.2) is 0 Å². The van der Waals surface area contributed by atoms with Gasteiger partial charge in [0.25, 0.3) is 0 Å². The van der Waals surface area contributed by atoms with Crippen LogP contribution in [0.4, 0.5) is 0 Å². The quantitative estimate of drug-likeness (QED) is 0.191. The van der Waals surface area contributed by atoms with Gasteiger partial charge in [-0.25, -0.2) is 0 Å². The van der Waals surface area contributed by atoms with E-state index in [9.17, 15) is 0 Å². The number of rotatable bonds is 4. The minimum absolute atomic E-state index is 0.924. The lowest BCUT2D eigenvalue weighted by Gasteiger charge is -2.13. The molecule has 0 radical (unpaired) electrons. The van der Waals surface area contributed by atoms with Crippen molar-refractivity contribution in [3.8, 4) is 44.5 Å². The molecule has 1 aromatic heterocycles. The number of furan rings is 1. The van der Waals surface area contributed by atoms with Gasteiger partial charge in [-0.2, -0.15) is 0 Å². The van der Waals surface area contributed by atoms with E-state index in [4.69, 9.17) is 4.42 Å². The molecule has 0 saturated carbocycles. The van der Waals surface area contributed by atoms with Crippen molar-refractivity contribution < 1.29 is 4.42 Å². The summed E-state index contributed by atoms with van der Waals surface area (Å²) in [6.07, 6.45) is 0. The SMILES string of the molecule is c1ccc(-c2ccc(-c3cc(-c4ccccc4)cc(-c4ccc5c(c4)c4ccccc4c4oc6ccccc6c54)c3)cc2)cc1. The van der Waals surface area contributed by atoms with Crippen LogP contribution in [0, 0.1) is 0 Å². The van der Waals surface area contributed by atoms with Gasteiger partial charge in [-0.1, -0.05) is 140 Å². The fourth-order valence-corrected chi connectivity index (χ4v) is 6.83. The van der Waals surface area contributed by atoms with E-state index in [1.165, 1.54) is 66.1 Å². The van der Waals surface area contributed by atoms with E-state index in [1.807, 2.05) is 6.07 Å². The Hall–Kier alpha value is -5.92. The molecule has 0 fully saturated rings. The molecule has 0 aliphatic heterocycles. The third kappa shape index (κ3) is 4.32. The Morgan fingerprint density at radius 2 is 0.733 bits per heavy atom. The third-order valence-corrected chi connectivity index (χ3v) is 9.05. The highest BCUT2D eigenvalue weighted by Gasteiger charge is 2.16. The summed E-state index contributed by atoms with van der Waals surface area (Å²) in [6, 6.07) is 61.0. The molecule has 9 rings (SSSR count). The van der Waals surface area contributed by atoms with Gasteiger partial charge in [0, 0.05) is 16.2 Å². The number of hydrogen-bond acceptors (Lipinski definition) is 1. The first-order chi connectivity index (χ1) is 22.3. The summed E-state index contributed by atoms with van der Waals surface area (Å²) in [7, 11) is 0. The van der Waals surface area contributed by atoms with E-state index in [-0.39, 0.29) is 0 Å². The number of hydrogen-bond donors (Lipinski definition) is 0. The van der Waals surface area contributed by atoms with Gasteiger partial charge in [-0.15, -0.1) is 0 Å². The van der Waals surface area contributed by atoms with Crippen molar-refractivity contribution >= 4 is 43.5 Å². The predicted octanol–water partition coefficient (Wildman–Crippen LogP) is 12.6. The zero-order valence-corrected chi connectivity index (χ0v) is 24.6. The largest absolute Gasteiger partial charge is 0.455 e. The highest BCUT2D eigenvalue weighted by molar-refractivity contribution is 6.30. The first-order valence-corrected chi connectivity index (χ1v) is 15.4. The van der Waals surface area contributed by atoms with Crippen LogP contribution >= 0.6 is 0 Å². The highest BCUT2D eigenvalue weighted by Crippen LogP contribution is 2.42. The van der Waals surface area contributed by atoms with E-state index in [2.05, 4.69) is 164 Å². The van der Waals surface area contributed by atoms with Crippen molar-refractivity contribution in [1.82, 2.24) is 0 Å². The fourth-order valence-electron chi connectivity index (χ4n) is 6.83. The summed E-state index contributed by atoms with van der Waals surface area (Å²) in [5.74, 6) is 0. The Morgan fingerprint density at radius 1 is 0.267 bits per heavy atom. The summed E-state index contributed by atoms with van der Waals surface area (Å²) < 4.78 is 6.45. The van der Waals surface area contributed by atoms with Gasteiger partial charge in [0.2, 0.25) is 0 Å². The molecule has 0 atom stereocenters. The molecule has 8 aromatic carbocycles. The first-order valence-electron chi connectivity index (χ1n) is 15.4. The van der Waals surface area contributed by atoms with Crippen molar-refractivity contribution in [2.75, 3.05) is 0 Å². The Labute approximate surface area is 261 Å². The van der Waals surface area contributed by atoms with Crippen LogP contribution in [-0.2, 0) is 0 Å². The topological polar surface area (TPSA) is 13.1 Å². The standard InChI is InChI=1S/C44H28O/c1-3-11-29(12-4-1)31-19-21-32(22-20-31)35-25-34(30-13-5-2-6-14-30)26-36(27-35)33-23-24-38-41(28-33)37-15-7-8-16-39(37)44-43(38)40-17-9-10-18-42(40)45-44/h1-28H. The molecule has 210 valence electrons. The Balaban J connectivity index is 1.26. The van der Waals surface area contributed by atoms with Crippen LogP contribution in [0.5, 0.6) is 0 Å². The van der Waals surface area contributed by atoms with E-state index in [0.717, 1.165) is 21.9 Å². The molecule has 45 heavy (non-hydrogen) atoms. The first kappa shape index (κ1) is 25.6. The van der Waals surface area contributed by atoms with Crippen molar-refractivity contribution in [2.45, 2.75) is 0 Å². The molecular weight excluding hydrogens is 544 g/mol. The maximum absolute atomic E-state index is 6.45. The zero-order chi connectivity index (χ0) is 29.7. The van der Waals surface area contributed by atoms with E-state index < -0.39 is 0 Å². The second-order valence-corrected chi connectivity index (χ2v) is 11.7. The second-order valence-electron chi connectivity index (χ2n) is 11.7. The van der Waals surface area contributed by atoms with Crippen molar-refractivity contribution in [1.29, 1.82) is 0 Å². The van der Waals surface area contributed by atoms with Crippen LogP contribution in [0.2, 0.25) is 0 Å². The van der Waals surface area contributed by atoms with Crippen LogP contribution in [0.3, 0.4) is 0 Å². The summed E-state index contributed by atoms with van der Waals surface area (Å²) in [5.41, 5.74) is 11.5. The van der Waals surface area contributed by atoms with Gasteiger partial charge in [-0.05, 0) is 91.0 Å². The molecule has 0 saturated heterocycles. The minimum atomic E-state index is 0.924. The van der Waals surface area contributed by atoms with Gasteiger partial charge in [0.1, 0.15) is 11.2 Å². The summed E-state index contributed by atoms with van der Waals surface area (Å²) in [4.78, 5) is 0. The number of fused-ring (bicyclic) bond motifs is 8. The van der Waals surface area contributed by atoms with Gasteiger partial charge < -0.3 is 4.42 Å². The normalized spacial score (nSPS) is 11.6. The van der Waals surface area contributed by atoms with Crippen molar-refractivity contribution in [2.24, 2.45) is 0 Å². The molecule has 0 bridgehead atoms. The van der Waals surface area contributed by atoms with Crippen LogP contribution < -0.4 is 0 Å². The zero-order valence-electron chi connectivity index (χ0n) is 24.6. The summed E-state index contributed by atoms with van der Waals surface area (Å²) in [6.45, 7) is 0. The molecule has 9 aromatic rings. The molecule has 0 N–H and O–H groups in total. The molecule has 1 heteroatoms. The van der Waals surface area contributed by atoms with Gasteiger partial charge in [0.05, 0.1) is 0 Å². The van der Waals surface area contributed by atoms with Crippen molar-refractivity contribution in [3.05, 3.63) is 170 Å². The third-order valence-electron chi connectivity index (χ3n) is 9.05. The minimum Gasteiger partial charge on any atom is -0.455 e. The van der Waals surface area contributed by atoms with E-state index in [1.54, 1.807) is 0 Å². The number of benzene rings is 8. The van der Waals surface area contributed by atoms with Gasteiger partial charge >= 0.3 is 0 Å². The van der Waals surface area contributed by atoms with Crippen LogP contribution in [0.15, 0.2) is 174 Å². The highest BCUT2D eigenvalue weighted by atomic mass is 16.3. The Kier molecular flexibility index (Phi) is 5.89. The predicted molar refractivity (Wildman–Crippen MR) is 190 cm³/mol. The lowest BCUT2D eigenvalue weighted by Crippen LogP contribution is -1.88. The van der Waals surface area contributed by atoms with Gasteiger partial charge in [-0.3, -0.25) is 0 Å². The average molecular weight is 573 g/mol. The lowest BCUT2D eigenvalue weighted by atomic mass is 9.90. The maximum Gasteiger partial charge on any atom is 0.143 e. The van der Waals surface area contributed by atoms with E-state index in [0.29, 0.717) is 0 Å². The molecule has 0 amide bonds. The Bertz CT molecular complexity index is 2500. The summed E-state index contributed by atoms with van der Waals surface area (Å²) in [5, 5.41) is 7.14. The van der Waals surface area contributed by atoms with E-state index >= 15 is 0 Å². The lowest BCUT2D eigenvalue weighted by molar-refractivity contribution is 0.673. The van der Waals surface area contributed by atoms with Crippen LogP contribution in [0.1, 0.15) is 0 Å². The Morgan fingerprint density at radius 3 is 1.40 bits per heavy atom. The average Bonchev–Trinajstić information content (AvgIpc) is 3.52. The molecule has 0 unspecified atom stereocenters. The maximum atomic E-state index is 6.45. The smallest absolute Gasteiger partial charge is 0.143 e. The molecule has 0 aliphatic rings. The fraction of sp³-hybridized carbons (Fsp3) is 0. The monoisotopic (exact) mass is 572 g/mol. The van der Waals surface area contributed by atoms with Crippen molar-refractivity contribution in [3.63, 3.8) is 0 Å². The molecule has 1 nitrogen and oxygen atoms in total. The number of para-hydroxylation sites is 1. The van der Waals surface area contributed by atoms with Gasteiger partial charge in [0.15, 0.2) is 0 Å².